The topological polar surface area (TPSA) is 100 Å². The number of aliphatic carboxylic acids is 1. The molecule has 1 aliphatic heterocycles. The van der Waals surface area contributed by atoms with Crippen molar-refractivity contribution in [1.29, 1.82) is 0 Å². The van der Waals surface area contributed by atoms with E-state index in [4.69, 9.17) is 4.74 Å². The number of hydrogen-bond donors (Lipinski definition) is 1. The van der Waals surface area contributed by atoms with Gasteiger partial charge < -0.3 is 14.7 Å². The van der Waals surface area contributed by atoms with Gasteiger partial charge in [0.1, 0.15) is 17.0 Å². The van der Waals surface area contributed by atoms with Gasteiger partial charge in [0.25, 0.3) is 0 Å². The summed E-state index contributed by atoms with van der Waals surface area (Å²) in [5.74, 6) is -2.76. The molecule has 1 aromatic heterocycles. The van der Waals surface area contributed by atoms with E-state index in [0.29, 0.717) is 23.3 Å². The van der Waals surface area contributed by atoms with Crippen molar-refractivity contribution in [3.05, 3.63) is 82.4 Å². The minimum Gasteiger partial charge on any atom is -0.480 e. The maximum atomic E-state index is 14.2. The zero-order valence-corrected chi connectivity index (χ0v) is 29.2. The molecule has 1 aliphatic rings. The number of ether oxygens (including phenoxy) is 1. The number of halogens is 7. The molecule has 4 rings (SSSR count). The number of aryl methyl sites for hydroxylation is 1. The van der Waals surface area contributed by atoms with Crippen LogP contribution in [0.1, 0.15) is 88.4 Å². The number of rotatable bonds is 6. The number of carboxylic acid groups (broad SMARTS) is 1. The van der Waals surface area contributed by atoms with E-state index in [1.54, 1.807) is 27.7 Å². The molecular formula is C36H38F7N3O5. The normalized spacial score (nSPS) is 18.5. The molecule has 2 atom stereocenters. The lowest BCUT2D eigenvalue weighted by molar-refractivity contribution is -0.149. The Morgan fingerprint density at radius 1 is 0.902 bits per heavy atom. The number of hydrogen-bond acceptors (Lipinski definition) is 5. The first kappa shape index (κ1) is 39.1. The number of benzene rings is 2. The third-order valence-electron chi connectivity index (χ3n) is 9.03. The first-order valence-corrected chi connectivity index (χ1v) is 15.8. The van der Waals surface area contributed by atoms with Crippen LogP contribution < -0.4 is 4.90 Å². The van der Waals surface area contributed by atoms with Crippen molar-refractivity contribution in [3.63, 3.8) is 0 Å². The van der Waals surface area contributed by atoms with Gasteiger partial charge in [0.2, 0.25) is 5.91 Å². The number of pyridine rings is 1. The molecule has 1 N–H and O–H groups in total. The van der Waals surface area contributed by atoms with Gasteiger partial charge in [-0.15, -0.1) is 0 Å². The van der Waals surface area contributed by atoms with Crippen LogP contribution in [0, 0.1) is 12.7 Å². The van der Waals surface area contributed by atoms with Crippen molar-refractivity contribution in [2.75, 3.05) is 11.9 Å². The summed E-state index contributed by atoms with van der Waals surface area (Å²) >= 11 is 0. The number of carbonyl (C=O) groups is 3. The van der Waals surface area contributed by atoms with Gasteiger partial charge in [0, 0.05) is 12.6 Å². The summed E-state index contributed by atoms with van der Waals surface area (Å²) in [6.07, 6.45) is -9.78. The Morgan fingerprint density at radius 2 is 1.45 bits per heavy atom. The van der Waals surface area contributed by atoms with Crippen molar-refractivity contribution >= 4 is 23.7 Å². The summed E-state index contributed by atoms with van der Waals surface area (Å²) in [6.45, 7) is 10.2. The molecule has 1 saturated heterocycles. The lowest BCUT2D eigenvalue weighted by atomic mass is 9.81. The monoisotopic (exact) mass is 725 g/mol. The average Bonchev–Trinajstić information content (AvgIpc) is 3.37. The molecule has 0 spiro atoms. The summed E-state index contributed by atoms with van der Waals surface area (Å²) in [4.78, 5) is 46.7. The van der Waals surface area contributed by atoms with Crippen LogP contribution in [0.2, 0.25) is 0 Å². The standard InChI is InChI=1S/C36H38F7N3O5/c1-19-13-23(37)9-10-24(19)25-17-26(27-11-12-34(7,30(48)49)46(27)31(50)51-32(2,3)4)44-18-28(25)45(8)29(47)33(5,6)20-14-21(35(38,39)40)16-22(15-20)36(41,42)43/h9-10,13-18,27H,11-12H2,1-8H3,(H,48,49)/t27-,34+/m0/s1. The molecule has 1 fully saturated rings. The summed E-state index contributed by atoms with van der Waals surface area (Å²) in [6, 6.07) is 5.33. The van der Waals surface area contributed by atoms with Gasteiger partial charge in [-0.25, -0.2) is 14.0 Å². The maximum absolute atomic E-state index is 14.2. The Bertz CT molecular complexity index is 1830. The zero-order chi connectivity index (χ0) is 38.6. The number of amides is 2. The minimum atomic E-state index is -5.14. The molecule has 0 bridgehead atoms. The van der Waals surface area contributed by atoms with E-state index < -0.39 is 75.4 Å². The SMILES string of the molecule is Cc1cc(F)ccc1-c1cc([C@@H]2CC[C@](C)(C(=O)O)N2C(=O)OC(C)(C)C)ncc1N(C)C(=O)C(C)(C)c1cc(C(F)(F)F)cc(C(F)(F)F)c1. The predicted octanol–water partition coefficient (Wildman–Crippen LogP) is 9.09. The highest BCUT2D eigenvalue weighted by Gasteiger charge is 2.53. The van der Waals surface area contributed by atoms with Gasteiger partial charge in [-0.05, 0) is 114 Å². The van der Waals surface area contributed by atoms with Crippen molar-refractivity contribution in [1.82, 2.24) is 9.88 Å². The lowest BCUT2D eigenvalue weighted by Gasteiger charge is -2.36. The van der Waals surface area contributed by atoms with Crippen LogP contribution in [0.5, 0.6) is 0 Å². The molecule has 8 nitrogen and oxygen atoms in total. The second-order valence-electron chi connectivity index (χ2n) is 14.4. The van der Waals surface area contributed by atoms with Crippen LogP contribution in [0.25, 0.3) is 11.1 Å². The van der Waals surface area contributed by atoms with Crippen LogP contribution in [0.3, 0.4) is 0 Å². The van der Waals surface area contributed by atoms with Crippen molar-refractivity contribution < 1.29 is 55.0 Å². The fraction of sp³-hybridized carbons (Fsp3) is 0.444. The highest BCUT2D eigenvalue weighted by molar-refractivity contribution is 6.03. The van der Waals surface area contributed by atoms with Crippen LogP contribution >= 0.6 is 0 Å². The molecule has 0 unspecified atom stereocenters. The van der Waals surface area contributed by atoms with Crippen LogP contribution in [-0.2, 0) is 32.1 Å². The maximum Gasteiger partial charge on any atom is 0.416 e. The van der Waals surface area contributed by atoms with Crippen molar-refractivity contribution in [2.24, 2.45) is 0 Å². The third kappa shape index (κ3) is 7.81. The molecule has 0 saturated carbocycles. The lowest BCUT2D eigenvalue weighted by Crippen LogP contribution is -2.53. The van der Waals surface area contributed by atoms with Gasteiger partial charge in [0.15, 0.2) is 0 Å². The van der Waals surface area contributed by atoms with E-state index in [1.165, 1.54) is 52.2 Å². The Balaban J connectivity index is 1.89. The number of likely N-dealkylation sites (N-methyl/N-ethyl adjacent to an activating group) is 1. The van der Waals surface area contributed by atoms with E-state index in [2.05, 4.69) is 4.98 Å². The largest absolute Gasteiger partial charge is 0.480 e. The number of likely N-dealkylation sites (tertiary alicyclic amines) is 1. The highest BCUT2D eigenvalue weighted by Crippen LogP contribution is 2.46. The Labute approximate surface area is 290 Å². The quantitative estimate of drug-likeness (QED) is 0.255. The number of carbonyl (C=O) groups excluding carboxylic acids is 2. The van der Waals surface area contributed by atoms with Gasteiger partial charge >= 0.3 is 24.4 Å². The zero-order valence-electron chi connectivity index (χ0n) is 29.2. The summed E-state index contributed by atoms with van der Waals surface area (Å²) in [7, 11) is 1.27. The molecule has 0 aliphatic carbocycles. The number of aromatic nitrogens is 1. The van der Waals surface area contributed by atoms with Crippen LogP contribution in [0.4, 0.5) is 41.2 Å². The minimum absolute atomic E-state index is 0.0231. The van der Waals surface area contributed by atoms with Crippen LogP contribution in [-0.4, -0.2) is 51.1 Å². The predicted molar refractivity (Wildman–Crippen MR) is 173 cm³/mol. The van der Waals surface area contributed by atoms with E-state index in [-0.39, 0.29) is 35.9 Å². The third-order valence-corrected chi connectivity index (χ3v) is 9.03. The van der Waals surface area contributed by atoms with Gasteiger partial charge in [0.05, 0.1) is 40.2 Å². The first-order valence-electron chi connectivity index (χ1n) is 15.8. The van der Waals surface area contributed by atoms with Gasteiger partial charge in [-0.2, -0.15) is 26.3 Å². The summed E-state index contributed by atoms with van der Waals surface area (Å²) in [5, 5.41) is 10.1. The van der Waals surface area contributed by atoms with E-state index >= 15 is 0 Å². The molecular weight excluding hydrogens is 687 g/mol. The first-order chi connectivity index (χ1) is 23.2. The fourth-order valence-electron chi connectivity index (χ4n) is 6.17. The molecule has 15 heteroatoms. The van der Waals surface area contributed by atoms with Crippen molar-refractivity contribution in [2.45, 2.75) is 96.3 Å². The van der Waals surface area contributed by atoms with E-state index in [9.17, 15) is 50.2 Å². The molecule has 0 radical (unpaired) electrons. The number of nitrogens with zero attached hydrogens (tertiary/aromatic N) is 3. The van der Waals surface area contributed by atoms with E-state index in [0.717, 1.165) is 15.9 Å². The Kier molecular flexibility index (Phi) is 10.1. The number of alkyl halides is 6. The van der Waals surface area contributed by atoms with Crippen LogP contribution in [0.15, 0.2) is 48.7 Å². The van der Waals surface area contributed by atoms with Crippen molar-refractivity contribution in [3.8, 4) is 11.1 Å². The fourth-order valence-corrected chi connectivity index (χ4v) is 6.17. The smallest absolute Gasteiger partial charge is 0.416 e. The average molecular weight is 726 g/mol. The molecule has 276 valence electrons. The molecule has 51 heavy (non-hydrogen) atoms. The summed E-state index contributed by atoms with van der Waals surface area (Å²) in [5.41, 5.74) is -7.04. The van der Waals surface area contributed by atoms with Gasteiger partial charge in [-0.3, -0.25) is 14.7 Å². The summed E-state index contributed by atoms with van der Waals surface area (Å²) < 4.78 is 102. The van der Waals surface area contributed by atoms with Gasteiger partial charge in [-0.1, -0.05) is 6.07 Å². The Hall–Kier alpha value is -4.69. The second-order valence-corrected chi connectivity index (χ2v) is 14.4. The molecule has 2 aromatic carbocycles. The molecule has 2 heterocycles. The molecule has 3 aromatic rings. The van der Waals surface area contributed by atoms with E-state index in [1.807, 2.05) is 0 Å². The second kappa shape index (κ2) is 13.1. The Morgan fingerprint density at radius 3 is 1.94 bits per heavy atom. The number of anilines is 1. The highest BCUT2D eigenvalue weighted by atomic mass is 19.4. The molecule has 2 amide bonds. The number of carboxylic acids is 1.